The molecule has 0 saturated heterocycles. The Bertz CT molecular complexity index is 4880. The third kappa shape index (κ3) is 2.86. The van der Waals surface area contributed by atoms with Crippen LogP contribution in [0.5, 0.6) is 0 Å². The number of ketones is 1. The van der Waals surface area contributed by atoms with E-state index in [2.05, 4.69) is 60.2 Å². The number of hydrazone groups is 1. The van der Waals surface area contributed by atoms with Crippen molar-refractivity contribution in [3.05, 3.63) is 119 Å². The van der Waals surface area contributed by atoms with Crippen molar-refractivity contribution in [2.75, 3.05) is 25.7 Å². The minimum absolute atomic E-state index is 0.0429. The molecule has 77 heavy (non-hydrogen) atoms. The molecule has 9 fully saturated rings. The summed E-state index contributed by atoms with van der Waals surface area (Å²) in [5.74, 6) is 14.1. The van der Waals surface area contributed by atoms with Crippen LogP contribution in [0.3, 0.4) is 0 Å². The Morgan fingerprint density at radius 3 is 2.19 bits per heavy atom. The number of carbonyl (C=O) groups excluding carboxylic acids is 1. The lowest BCUT2D eigenvalue weighted by molar-refractivity contribution is -0.133. The molecule has 7 aromatic rings. The van der Waals surface area contributed by atoms with Gasteiger partial charge in [0.2, 0.25) is 5.78 Å². The highest BCUT2D eigenvalue weighted by Gasteiger charge is 2.86. The maximum absolute atomic E-state index is 17.1. The third-order valence-electron chi connectivity index (χ3n) is 30.0. The smallest absolute Gasteiger partial charge is 0.261 e. The van der Waals surface area contributed by atoms with E-state index < -0.39 is 0 Å². The van der Waals surface area contributed by atoms with E-state index in [1.807, 2.05) is 0 Å². The predicted octanol–water partition coefficient (Wildman–Crippen LogP) is 10.8. The monoisotopic (exact) mass is 997 g/mol. The number of anilines is 1. The molecule has 6 aromatic carbocycles. The van der Waals surface area contributed by atoms with Gasteiger partial charge >= 0.3 is 0 Å². The maximum atomic E-state index is 17.1. The molecule has 0 spiro atoms. The largest absolute Gasteiger partial charge is 0.382 e. The van der Waals surface area contributed by atoms with E-state index in [-0.39, 0.29) is 24.0 Å². The van der Waals surface area contributed by atoms with Gasteiger partial charge in [-0.3, -0.25) is 19.6 Å². The summed E-state index contributed by atoms with van der Waals surface area (Å²) in [6, 6.07) is 13.5. The Morgan fingerprint density at radius 2 is 1.30 bits per heavy atom. The van der Waals surface area contributed by atoms with Gasteiger partial charge in [0.15, 0.2) is 0 Å². The van der Waals surface area contributed by atoms with Gasteiger partial charge in [0.25, 0.3) is 5.56 Å². The molecule has 9 saturated carbocycles. The van der Waals surface area contributed by atoms with Crippen LogP contribution in [0.4, 0.5) is 5.69 Å². The standard InChI is InChI=1S/C70H51N3O4/c1-15-24-20-11-18-19-12-21-25-16(2)27-26(15)38-48-36(24)50-44-32(20)41-28(18)40-29(19)42-33(21)45-51-37(25)49-39(27)52(38)55-57-54(48)56(50)61-63-46(44)34(41)22-13-23-31(30(22)40)43(42)53(45)47-35(23)70(75)73(14-77-10-9-76-3)68-64(47)59(51)58(49)60(55)65(68)62(57)66(61)69(74)67(63)72-71-17-7-5-4-6-8-17/h4-8,12,15-16,18,20,24-27,32,36-39,44,48-50,52,54-58,60-61,71H,9-11,13-14H2,1-3H3/b72-67-/t15?,16?,18?,20?,24?,25?,26?,27?,32?,36?,37?,38?,39-,44?,48?,49?,50?,52?,54?,55?,56?,57?,58?,60?,61?/m0/s1. The normalized spacial score (nSPS) is 47.2. The van der Waals surface area contributed by atoms with Crippen molar-refractivity contribution in [2.24, 2.45) is 123 Å². The van der Waals surface area contributed by atoms with Crippen LogP contribution in [0, 0.1) is 118 Å². The first-order valence-electron chi connectivity index (χ1n) is 30.7. The molecule has 370 valence electrons. The summed E-state index contributed by atoms with van der Waals surface area (Å²) in [4.78, 5) is 34.2. The van der Waals surface area contributed by atoms with Gasteiger partial charge in [-0.2, -0.15) is 5.10 Å². The highest BCUT2D eigenvalue weighted by molar-refractivity contribution is 6.57. The van der Waals surface area contributed by atoms with Crippen LogP contribution in [0.15, 0.2) is 63.0 Å². The molecular weight excluding hydrogens is 947 g/mol. The molecule has 7 heteroatoms. The number of fused-ring (bicyclic) bond motifs is 8. The summed E-state index contributed by atoms with van der Waals surface area (Å²) < 4.78 is 14.7. The lowest BCUT2D eigenvalue weighted by Crippen LogP contribution is -2.58. The average molecular weight is 998 g/mol. The lowest BCUT2D eigenvalue weighted by atomic mass is 9.41. The van der Waals surface area contributed by atoms with Gasteiger partial charge < -0.3 is 9.47 Å². The number of Topliss-reactive ketones (excluding diaryl/α,β-unsaturated/α-hetero) is 1. The van der Waals surface area contributed by atoms with Crippen molar-refractivity contribution < 1.29 is 14.3 Å². The van der Waals surface area contributed by atoms with Crippen molar-refractivity contribution in [3.63, 3.8) is 0 Å². The maximum Gasteiger partial charge on any atom is 0.261 e. The SMILES string of the molecule is COCCOCn1c(=O)c2c3c4c5c(c6c7c8c5c5c9cc%10c%11c5c4c4c-%11c5c%11c(c1=C1C%12=C%13C(=O)/C(=N\Nc%14ccccc%14)C%14=C6C6C7C(CC89)C7C(C)C8C9C%15C(C%12C%12C1C%11C1C5C%10C(C)C8[C@@H]1C%129)C(C%13%14)C6C7%15)c24)C3. The van der Waals surface area contributed by atoms with Crippen molar-refractivity contribution in [1.29, 1.82) is 0 Å². The van der Waals surface area contributed by atoms with Crippen molar-refractivity contribution in [2.45, 2.75) is 63.0 Å². The van der Waals surface area contributed by atoms with Crippen LogP contribution < -0.4 is 16.3 Å². The summed E-state index contributed by atoms with van der Waals surface area (Å²) in [5.41, 5.74) is 30.5. The molecule has 1 aromatic heterocycles. The summed E-state index contributed by atoms with van der Waals surface area (Å²) >= 11 is 0. The van der Waals surface area contributed by atoms with Gasteiger partial charge in [0.1, 0.15) is 12.4 Å². The van der Waals surface area contributed by atoms with Crippen molar-refractivity contribution in [3.8, 4) is 11.1 Å². The minimum Gasteiger partial charge on any atom is -0.382 e. The Balaban J connectivity index is 0.984. The quantitative estimate of drug-likeness (QED) is 0.0745. The molecule has 0 aliphatic heterocycles. The van der Waals surface area contributed by atoms with Crippen LogP contribution in [0.2, 0.25) is 0 Å². The number of hydrogen-bond acceptors (Lipinski definition) is 6. The zero-order chi connectivity index (χ0) is 48.5. The van der Waals surface area contributed by atoms with Gasteiger partial charge in [0.05, 0.1) is 29.6 Å². The van der Waals surface area contributed by atoms with E-state index >= 15 is 9.59 Å². The summed E-state index contributed by atoms with van der Waals surface area (Å²) in [5, 5.41) is 21.4. The lowest BCUT2D eigenvalue weighted by Gasteiger charge is -2.62. The minimum atomic E-state index is 0.0429. The van der Waals surface area contributed by atoms with Crippen LogP contribution in [-0.4, -0.2) is 36.4 Å². The molecule has 7 nitrogen and oxygen atoms in total. The fraction of sp³-hybridized carbons (Fsp3) is 0.471. The van der Waals surface area contributed by atoms with E-state index in [1.165, 1.54) is 66.5 Å². The fourth-order valence-corrected chi connectivity index (χ4v) is 30.3. The van der Waals surface area contributed by atoms with Gasteiger partial charge in [-0.05, 0) is 276 Å². The average Bonchev–Trinajstić information content (AvgIpc) is 1.66. The molecule has 26 rings (SSSR count). The van der Waals surface area contributed by atoms with Crippen LogP contribution in [0.1, 0.15) is 99.9 Å². The van der Waals surface area contributed by atoms with Gasteiger partial charge in [-0.25, -0.2) is 0 Å². The van der Waals surface area contributed by atoms with Crippen LogP contribution in [0.25, 0.3) is 76.1 Å². The van der Waals surface area contributed by atoms with E-state index in [1.54, 1.807) is 84.3 Å². The van der Waals surface area contributed by atoms with Gasteiger partial charge in [-0.15, -0.1) is 0 Å². The number of allylic oxidation sites excluding steroid dienone is 4. The number of nitrogens with zero attached hydrogens (tertiary/aromatic N) is 2. The molecule has 0 radical (unpaired) electrons. The number of benzene rings is 6. The molecule has 1 heterocycles. The van der Waals surface area contributed by atoms with Crippen LogP contribution >= 0.6 is 0 Å². The molecule has 0 amide bonds. The number of pyridine rings is 1. The number of para-hydroxylation sites is 1. The summed E-state index contributed by atoms with van der Waals surface area (Å²) in [6.07, 6.45) is 2.08. The van der Waals surface area contributed by atoms with Gasteiger partial charge in [-0.1, -0.05) is 38.1 Å². The molecular formula is C70H51N3O4. The number of hydrogen-bond donors (Lipinski definition) is 1. The molecule has 19 aliphatic rings. The Morgan fingerprint density at radius 1 is 0.558 bits per heavy atom. The molecule has 24 unspecified atom stereocenters. The van der Waals surface area contributed by atoms with Crippen molar-refractivity contribution >= 4 is 82.2 Å². The predicted molar refractivity (Wildman–Crippen MR) is 292 cm³/mol. The first-order valence-corrected chi connectivity index (χ1v) is 30.7. The highest BCUT2D eigenvalue weighted by Crippen LogP contribution is 2.92. The Kier molecular flexibility index (Phi) is 4.97. The fourth-order valence-electron chi connectivity index (χ4n) is 30.3. The van der Waals surface area contributed by atoms with E-state index in [9.17, 15) is 0 Å². The second-order valence-electron chi connectivity index (χ2n) is 30.0. The van der Waals surface area contributed by atoms with E-state index in [0.717, 1.165) is 52.5 Å². The second-order valence-corrected chi connectivity index (χ2v) is 30.0. The summed E-state index contributed by atoms with van der Waals surface area (Å²) in [6.45, 7) is 6.88. The van der Waals surface area contributed by atoms with Gasteiger partial charge in [0, 0.05) is 41.7 Å². The number of nitrogens with one attached hydrogen (secondary N) is 1. The van der Waals surface area contributed by atoms with Crippen LogP contribution in [-0.2, 0) is 27.4 Å². The van der Waals surface area contributed by atoms with E-state index in [0.29, 0.717) is 132 Å². The molecule has 19 aliphatic carbocycles. The zero-order valence-electron chi connectivity index (χ0n) is 43.0. The first-order chi connectivity index (χ1) is 38.0. The topological polar surface area (TPSA) is 81.9 Å². The molecule has 25 atom stereocenters. The second kappa shape index (κ2) is 10.3. The molecule has 0 bridgehead atoms. The number of ether oxygens (including phenoxy) is 2. The Hall–Kier alpha value is -5.89. The zero-order valence-corrected chi connectivity index (χ0v) is 43.0. The molecule has 1 N–H and O–H groups in total. The first kappa shape index (κ1) is 37.1. The Labute approximate surface area is 441 Å². The summed E-state index contributed by atoms with van der Waals surface area (Å²) in [7, 11) is 1.76. The number of methoxy groups -OCH3 is 1. The number of aromatic nitrogens is 1. The van der Waals surface area contributed by atoms with Crippen molar-refractivity contribution in [1.82, 2.24) is 4.57 Å². The number of rotatable bonds is 7. The highest BCUT2D eigenvalue weighted by atomic mass is 16.5. The number of carbonyl (C=O) groups is 1. The third-order valence-corrected chi connectivity index (χ3v) is 30.0. The van der Waals surface area contributed by atoms with E-state index in [4.69, 9.17) is 14.6 Å².